The van der Waals surface area contributed by atoms with Crippen LogP contribution in [0, 0.1) is 124 Å². The van der Waals surface area contributed by atoms with Crippen LogP contribution in [-0.4, -0.2) is 0 Å². The van der Waals surface area contributed by atoms with Gasteiger partial charge in [0.2, 0.25) is 0 Å². The Bertz CT molecular complexity index is 1170. The topological polar surface area (TPSA) is 0 Å². The molecule has 0 aromatic carbocycles. The standard InChI is InChI=1S/C10H18.4C9H16.2C8H14/c1-8-7-9-3-2-4-10(8)6-5-9;2*1-7-4-8-2-3-9(5-7)6-8;2*1-7-2-3-8-4-5-9(7)6-8;2*1-6-4-7-2-3-8(6)5-7/h8-10H,2-7H2,1H3;4*7-9H,2-6H2,1H3;2*6-8H,2-5H2,1H3. The summed E-state index contributed by atoms with van der Waals surface area (Å²) in [6, 6.07) is 0. The van der Waals surface area contributed by atoms with Gasteiger partial charge in [-0.25, -0.2) is 0 Å². The first-order valence-electron chi connectivity index (χ1n) is 30.0. The number of fused-ring (bicyclic) bond motifs is 16. The maximum absolute atomic E-state index is 2.46. The molecule has 358 valence electrons. The normalized spacial score (nSPS) is 50.1. The molecule has 0 spiro atoms. The van der Waals surface area contributed by atoms with E-state index in [1.54, 1.807) is 154 Å². The second kappa shape index (κ2) is 23.3. The molecule has 15 aliphatic rings. The molecular weight excluding hydrogens is 745 g/mol. The Kier molecular flexibility index (Phi) is 18.2. The number of rotatable bonds is 0. The Labute approximate surface area is 389 Å². The van der Waals surface area contributed by atoms with Crippen molar-refractivity contribution in [3.05, 3.63) is 0 Å². The first-order chi connectivity index (χ1) is 30.0. The van der Waals surface area contributed by atoms with E-state index in [1.165, 1.54) is 64.2 Å². The van der Waals surface area contributed by atoms with Crippen molar-refractivity contribution in [1.82, 2.24) is 0 Å². The highest BCUT2D eigenvalue weighted by molar-refractivity contribution is 4.90. The van der Waals surface area contributed by atoms with Crippen molar-refractivity contribution in [3.63, 3.8) is 0 Å². The smallest absolute Gasteiger partial charge is 0.0386 e. The third-order valence-electron chi connectivity index (χ3n) is 22.9. The lowest BCUT2D eigenvalue weighted by Crippen LogP contribution is -2.18. The Hall–Kier alpha value is 0. The molecule has 0 radical (unpaired) electrons. The molecule has 0 N–H and O–H groups in total. The minimum Gasteiger partial charge on any atom is -0.0625 e. The summed E-state index contributed by atoms with van der Waals surface area (Å²) in [5.74, 6) is 23.3. The third-order valence-corrected chi connectivity index (χ3v) is 22.9. The quantitative estimate of drug-likeness (QED) is 0.228. The fraction of sp³-hybridized carbons (Fsp3) is 1.00. The fourth-order valence-electron chi connectivity index (χ4n) is 19.0. The molecule has 0 heteroatoms. The van der Waals surface area contributed by atoms with Crippen molar-refractivity contribution in [1.29, 1.82) is 0 Å². The molecule has 0 heterocycles. The molecular formula is C62H110. The van der Waals surface area contributed by atoms with Crippen molar-refractivity contribution in [2.75, 3.05) is 0 Å². The minimum atomic E-state index is 1.05. The van der Waals surface area contributed by atoms with Crippen molar-refractivity contribution in [2.45, 2.75) is 267 Å². The number of hydrogen-bond acceptors (Lipinski definition) is 0. The van der Waals surface area contributed by atoms with Gasteiger partial charge in [-0.1, -0.05) is 151 Å². The first kappa shape index (κ1) is 48.5. The van der Waals surface area contributed by atoms with Gasteiger partial charge in [-0.15, -0.1) is 0 Å². The molecule has 15 rings (SSSR count). The van der Waals surface area contributed by atoms with E-state index in [2.05, 4.69) is 48.5 Å². The molecule has 0 amide bonds. The monoisotopic (exact) mass is 855 g/mol. The van der Waals surface area contributed by atoms with Gasteiger partial charge in [0.15, 0.2) is 0 Å². The third kappa shape index (κ3) is 13.8. The second-order valence-corrected chi connectivity index (χ2v) is 27.9. The molecule has 0 aliphatic heterocycles. The highest BCUT2D eigenvalue weighted by Gasteiger charge is 2.38. The SMILES string of the molecule is CC1CC2CCC(C1)C2.CC1CC2CCC(C1)C2.CC1CC2CCC1C2.CC1CC2CCC1C2.CC1CC2CCCC1CC2.CC1CCC2CCC1C2.CC1CCC2CCC1C2. The zero-order valence-electron chi connectivity index (χ0n) is 43.2. The molecule has 19 atom stereocenters. The van der Waals surface area contributed by atoms with Crippen molar-refractivity contribution >= 4 is 0 Å². The van der Waals surface area contributed by atoms with Crippen LogP contribution in [0.1, 0.15) is 267 Å². The first-order valence-corrected chi connectivity index (χ1v) is 30.0. The summed E-state index contributed by atoms with van der Waals surface area (Å²) in [4.78, 5) is 0. The van der Waals surface area contributed by atoms with Crippen molar-refractivity contribution < 1.29 is 0 Å². The molecule has 15 fully saturated rings. The Balaban J connectivity index is 0.0000000996. The lowest BCUT2D eigenvalue weighted by molar-refractivity contribution is 0.220. The van der Waals surface area contributed by atoms with Gasteiger partial charge in [-0.05, 0) is 240 Å². The summed E-state index contributed by atoms with van der Waals surface area (Å²) in [5, 5.41) is 0. The predicted octanol–water partition coefficient (Wildman–Crippen LogP) is 19.4. The van der Waals surface area contributed by atoms with Crippen molar-refractivity contribution in [3.8, 4) is 0 Å². The van der Waals surface area contributed by atoms with Gasteiger partial charge in [0.1, 0.15) is 0 Å². The summed E-state index contributed by atoms with van der Waals surface area (Å²) in [6.45, 7) is 17.0. The van der Waals surface area contributed by atoms with Gasteiger partial charge in [-0.2, -0.15) is 0 Å². The van der Waals surface area contributed by atoms with Gasteiger partial charge < -0.3 is 0 Å². The highest BCUT2D eigenvalue weighted by Crippen LogP contribution is 2.50. The van der Waals surface area contributed by atoms with E-state index < -0.39 is 0 Å². The fourth-order valence-corrected chi connectivity index (χ4v) is 19.0. The predicted molar refractivity (Wildman–Crippen MR) is 270 cm³/mol. The summed E-state index contributed by atoms with van der Waals surface area (Å²) in [7, 11) is 0. The van der Waals surface area contributed by atoms with E-state index in [9.17, 15) is 0 Å². The molecule has 0 aromatic heterocycles. The van der Waals surface area contributed by atoms with E-state index in [4.69, 9.17) is 0 Å². The number of hydrogen-bond donors (Lipinski definition) is 0. The molecule has 0 nitrogen and oxygen atoms in total. The average molecular weight is 856 g/mol. The maximum Gasteiger partial charge on any atom is -0.0386 e. The van der Waals surface area contributed by atoms with Gasteiger partial charge in [0, 0.05) is 0 Å². The molecule has 19 unspecified atom stereocenters. The van der Waals surface area contributed by atoms with Gasteiger partial charge >= 0.3 is 0 Å². The average Bonchev–Trinajstić information content (AvgIpc) is 4.15. The zero-order chi connectivity index (χ0) is 43.2. The highest BCUT2D eigenvalue weighted by atomic mass is 14.4. The summed E-state index contributed by atoms with van der Waals surface area (Å²) in [5.41, 5.74) is 0. The van der Waals surface area contributed by atoms with E-state index in [-0.39, 0.29) is 0 Å². The Morgan fingerprint density at radius 1 is 0.177 bits per heavy atom. The van der Waals surface area contributed by atoms with Crippen LogP contribution in [0.4, 0.5) is 0 Å². The molecule has 14 bridgehead atoms. The Morgan fingerprint density at radius 2 is 0.452 bits per heavy atom. The molecule has 0 saturated heterocycles. The summed E-state index contributed by atoms with van der Waals surface area (Å²) in [6.07, 6.45) is 52.6. The maximum atomic E-state index is 2.46. The summed E-state index contributed by atoms with van der Waals surface area (Å²) < 4.78 is 0. The van der Waals surface area contributed by atoms with Gasteiger partial charge in [-0.3, -0.25) is 0 Å². The zero-order valence-corrected chi connectivity index (χ0v) is 43.2. The van der Waals surface area contributed by atoms with E-state index in [0.717, 1.165) is 124 Å². The molecule has 15 saturated carbocycles. The van der Waals surface area contributed by atoms with E-state index >= 15 is 0 Å². The van der Waals surface area contributed by atoms with Crippen LogP contribution in [0.3, 0.4) is 0 Å². The second-order valence-electron chi connectivity index (χ2n) is 27.9. The van der Waals surface area contributed by atoms with Gasteiger partial charge in [0.05, 0.1) is 0 Å². The van der Waals surface area contributed by atoms with Crippen LogP contribution in [0.25, 0.3) is 0 Å². The Morgan fingerprint density at radius 3 is 0.790 bits per heavy atom. The molecule has 0 aromatic rings. The lowest BCUT2D eigenvalue weighted by atomic mass is 9.77. The van der Waals surface area contributed by atoms with Crippen LogP contribution in [0.2, 0.25) is 0 Å². The molecule has 15 aliphatic carbocycles. The van der Waals surface area contributed by atoms with Crippen LogP contribution < -0.4 is 0 Å². The van der Waals surface area contributed by atoms with Crippen LogP contribution >= 0.6 is 0 Å². The van der Waals surface area contributed by atoms with Crippen LogP contribution in [-0.2, 0) is 0 Å². The van der Waals surface area contributed by atoms with Crippen LogP contribution in [0.15, 0.2) is 0 Å². The minimum absolute atomic E-state index is 1.05. The molecule has 62 heavy (non-hydrogen) atoms. The largest absolute Gasteiger partial charge is 0.0625 e. The summed E-state index contributed by atoms with van der Waals surface area (Å²) >= 11 is 0. The van der Waals surface area contributed by atoms with Crippen molar-refractivity contribution in [2.24, 2.45) is 124 Å². The van der Waals surface area contributed by atoms with Crippen LogP contribution in [0.5, 0.6) is 0 Å². The van der Waals surface area contributed by atoms with Gasteiger partial charge in [0.25, 0.3) is 0 Å². The van der Waals surface area contributed by atoms with E-state index in [0.29, 0.717) is 0 Å². The lowest BCUT2D eigenvalue weighted by Gasteiger charge is -2.29. The van der Waals surface area contributed by atoms with E-state index in [1.807, 2.05) is 0 Å².